The molecule has 0 aromatic heterocycles. The Balaban J connectivity index is 2.89. The molecule has 1 saturated heterocycles. The van der Waals surface area contributed by atoms with Gasteiger partial charge in [-0.3, -0.25) is 20.8 Å². The van der Waals surface area contributed by atoms with E-state index in [1.54, 1.807) is 0 Å². The summed E-state index contributed by atoms with van der Waals surface area (Å²) in [6.45, 7) is 3.90. The topological polar surface area (TPSA) is 82.1 Å². The normalized spacial score (nSPS) is 26.1. The molecule has 1 fully saturated rings. The fraction of sp³-hybridized carbons (Fsp3) is 0.700. The van der Waals surface area contributed by atoms with Crippen molar-refractivity contribution in [3.05, 3.63) is 0 Å². The molecule has 0 unspecified atom stereocenters. The fourth-order valence-corrected chi connectivity index (χ4v) is 1.83. The molecule has 1 heterocycles. The number of carbonyl (C=O) groups excluding carboxylic acids is 2. The number of unbranched alkanes of at least 4 members (excludes halogenated alkanes) is 1. The largest absolute Gasteiger partial charge is 0.326 e. The van der Waals surface area contributed by atoms with Crippen LogP contribution in [-0.4, -0.2) is 17.8 Å². The van der Waals surface area contributed by atoms with Crippen LogP contribution < -0.4 is 10.6 Å². The Bertz CT molecular complexity index is 279. The van der Waals surface area contributed by atoms with E-state index in [0.717, 1.165) is 12.8 Å². The number of amides is 3. The summed E-state index contributed by atoms with van der Waals surface area (Å²) in [7, 11) is 0. The molecule has 1 aliphatic heterocycles. The van der Waals surface area contributed by atoms with Crippen LogP contribution in [0, 0.1) is 10.8 Å². The molecule has 5 nitrogen and oxygen atoms in total. The molecule has 1 atom stereocenters. The molecule has 15 heavy (non-hydrogen) atoms. The Morgan fingerprint density at radius 2 is 1.93 bits per heavy atom. The van der Waals surface area contributed by atoms with Gasteiger partial charge in [0.05, 0.1) is 0 Å². The van der Waals surface area contributed by atoms with Crippen molar-refractivity contribution in [3.63, 3.8) is 0 Å². The molecular formula is C10H17N3O2. The molecular weight excluding hydrogens is 194 g/mol. The molecule has 5 heteroatoms. The van der Waals surface area contributed by atoms with Crippen molar-refractivity contribution in [2.45, 2.75) is 39.5 Å². The van der Waals surface area contributed by atoms with Gasteiger partial charge in [0.15, 0.2) is 0 Å². The second-order valence-electron chi connectivity index (χ2n) is 3.82. The molecule has 0 aromatic rings. The Morgan fingerprint density at radius 1 is 1.27 bits per heavy atom. The molecule has 3 amide bonds. The SMILES string of the molecule is CCCC[C@]1(CC)C(=N)NC(=O)NC1=O. The highest BCUT2D eigenvalue weighted by molar-refractivity contribution is 6.20. The number of amidine groups is 1. The molecule has 1 aliphatic rings. The van der Waals surface area contributed by atoms with Crippen molar-refractivity contribution in [2.24, 2.45) is 5.41 Å². The van der Waals surface area contributed by atoms with Gasteiger partial charge in [0.25, 0.3) is 0 Å². The highest BCUT2D eigenvalue weighted by atomic mass is 16.2. The summed E-state index contributed by atoms with van der Waals surface area (Å²) in [6, 6.07) is -0.592. The van der Waals surface area contributed by atoms with Crippen molar-refractivity contribution < 1.29 is 9.59 Å². The highest BCUT2D eigenvalue weighted by Crippen LogP contribution is 2.31. The number of nitrogens with one attached hydrogen (secondary N) is 3. The fourth-order valence-electron chi connectivity index (χ4n) is 1.83. The Labute approximate surface area is 89.1 Å². The summed E-state index contributed by atoms with van der Waals surface area (Å²) in [5.74, 6) is -0.306. The van der Waals surface area contributed by atoms with Crippen LogP contribution in [0.3, 0.4) is 0 Å². The minimum atomic E-state index is -0.829. The molecule has 0 bridgehead atoms. The van der Waals surface area contributed by atoms with Gasteiger partial charge < -0.3 is 0 Å². The Morgan fingerprint density at radius 3 is 2.40 bits per heavy atom. The smallest absolute Gasteiger partial charge is 0.295 e. The van der Waals surface area contributed by atoms with E-state index in [1.807, 2.05) is 13.8 Å². The molecule has 0 aliphatic carbocycles. The third-order valence-corrected chi connectivity index (χ3v) is 2.94. The quantitative estimate of drug-likeness (QED) is 0.656. The first-order chi connectivity index (χ1) is 7.06. The average Bonchev–Trinajstić information content (AvgIpc) is 2.17. The minimum absolute atomic E-state index is 0.0344. The van der Waals surface area contributed by atoms with Gasteiger partial charge in [-0.05, 0) is 12.8 Å². The van der Waals surface area contributed by atoms with Crippen LogP contribution in [0.15, 0.2) is 0 Å². The Kier molecular flexibility index (Phi) is 3.44. The van der Waals surface area contributed by atoms with Crippen LogP contribution in [0.4, 0.5) is 4.79 Å². The zero-order valence-corrected chi connectivity index (χ0v) is 9.14. The number of carbonyl (C=O) groups is 2. The van der Waals surface area contributed by atoms with E-state index in [4.69, 9.17) is 5.41 Å². The van der Waals surface area contributed by atoms with E-state index < -0.39 is 11.4 Å². The van der Waals surface area contributed by atoms with Crippen molar-refractivity contribution in [1.29, 1.82) is 5.41 Å². The van der Waals surface area contributed by atoms with E-state index >= 15 is 0 Å². The van der Waals surface area contributed by atoms with Crippen LogP contribution in [0.2, 0.25) is 0 Å². The predicted molar refractivity (Wildman–Crippen MR) is 56.7 cm³/mol. The first kappa shape index (κ1) is 11.7. The van der Waals surface area contributed by atoms with Gasteiger partial charge in [-0.25, -0.2) is 4.79 Å². The molecule has 0 spiro atoms. The maximum atomic E-state index is 11.8. The maximum Gasteiger partial charge on any atom is 0.326 e. The maximum absolute atomic E-state index is 11.8. The number of rotatable bonds is 4. The second kappa shape index (κ2) is 4.42. The zero-order chi connectivity index (χ0) is 11.5. The summed E-state index contributed by atoms with van der Waals surface area (Å²) in [5, 5.41) is 12.3. The molecule has 84 valence electrons. The van der Waals surface area contributed by atoms with Crippen molar-refractivity contribution in [3.8, 4) is 0 Å². The van der Waals surface area contributed by atoms with E-state index in [9.17, 15) is 9.59 Å². The van der Waals surface area contributed by atoms with Gasteiger partial charge in [0.2, 0.25) is 5.91 Å². The first-order valence-corrected chi connectivity index (χ1v) is 5.28. The summed E-state index contributed by atoms with van der Waals surface area (Å²) in [5.41, 5.74) is -0.829. The van der Waals surface area contributed by atoms with Crippen LogP contribution in [0.5, 0.6) is 0 Å². The molecule has 0 aromatic carbocycles. The third kappa shape index (κ3) is 2.00. The van der Waals surface area contributed by atoms with Gasteiger partial charge in [-0.2, -0.15) is 0 Å². The van der Waals surface area contributed by atoms with Gasteiger partial charge in [-0.15, -0.1) is 0 Å². The first-order valence-electron chi connectivity index (χ1n) is 5.28. The van der Waals surface area contributed by atoms with Crippen LogP contribution in [-0.2, 0) is 4.79 Å². The zero-order valence-electron chi connectivity index (χ0n) is 9.14. The summed E-state index contributed by atoms with van der Waals surface area (Å²) < 4.78 is 0. The highest BCUT2D eigenvalue weighted by Gasteiger charge is 2.45. The van der Waals surface area contributed by atoms with E-state index in [0.29, 0.717) is 12.8 Å². The van der Waals surface area contributed by atoms with Gasteiger partial charge in [0.1, 0.15) is 11.3 Å². The Hall–Kier alpha value is -1.39. The standard InChI is InChI=1S/C10H17N3O2/c1-3-5-6-10(4-2)7(11)12-9(15)13-8(10)14/h3-6H2,1-2H3,(H3,11,12,13,14,15)/t10-/m1/s1. The lowest BCUT2D eigenvalue weighted by Crippen LogP contribution is -2.61. The lowest BCUT2D eigenvalue weighted by atomic mass is 9.77. The summed E-state index contributed by atoms with van der Waals surface area (Å²) in [4.78, 5) is 22.7. The molecule has 1 rings (SSSR count). The number of imide groups is 1. The van der Waals surface area contributed by atoms with Crippen molar-refractivity contribution in [1.82, 2.24) is 10.6 Å². The number of hydrogen-bond acceptors (Lipinski definition) is 3. The van der Waals surface area contributed by atoms with E-state index in [2.05, 4.69) is 10.6 Å². The van der Waals surface area contributed by atoms with Gasteiger partial charge in [0, 0.05) is 0 Å². The number of urea groups is 1. The third-order valence-electron chi connectivity index (χ3n) is 2.94. The molecule has 3 N–H and O–H groups in total. The van der Waals surface area contributed by atoms with E-state index in [1.165, 1.54) is 0 Å². The van der Waals surface area contributed by atoms with E-state index in [-0.39, 0.29) is 11.7 Å². The summed E-state index contributed by atoms with van der Waals surface area (Å²) in [6.07, 6.45) is 3.00. The molecule has 0 saturated carbocycles. The predicted octanol–water partition coefficient (Wildman–Crippen LogP) is 1.39. The van der Waals surface area contributed by atoms with Crippen LogP contribution in [0.1, 0.15) is 39.5 Å². The van der Waals surface area contributed by atoms with Crippen LogP contribution >= 0.6 is 0 Å². The van der Waals surface area contributed by atoms with Crippen LogP contribution in [0.25, 0.3) is 0 Å². The number of hydrogen-bond donors (Lipinski definition) is 3. The van der Waals surface area contributed by atoms with Gasteiger partial charge in [-0.1, -0.05) is 26.7 Å². The lowest BCUT2D eigenvalue weighted by molar-refractivity contribution is -0.127. The van der Waals surface area contributed by atoms with Crippen molar-refractivity contribution >= 4 is 17.8 Å². The minimum Gasteiger partial charge on any atom is -0.295 e. The lowest BCUT2D eigenvalue weighted by Gasteiger charge is -2.35. The van der Waals surface area contributed by atoms with Gasteiger partial charge >= 0.3 is 6.03 Å². The monoisotopic (exact) mass is 211 g/mol. The molecule has 0 radical (unpaired) electrons. The van der Waals surface area contributed by atoms with Crippen molar-refractivity contribution in [2.75, 3.05) is 0 Å². The summed E-state index contributed by atoms with van der Waals surface area (Å²) >= 11 is 0. The average molecular weight is 211 g/mol. The second-order valence-corrected chi connectivity index (χ2v) is 3.82.